The number of hydrogen-bond acceptors (Lipinski definition) is 3. The minimum Gasteiger partial charge on any atom is -0.494 e. The average Bonchev–Trinajstić information content (AvgIpc) is 2.96. The van der Waals surface area contributed by atoms with Crippen LogP contribution in [0.3, 0.4) is 0 Å². The number of fused-ring (bicyclic) bond motifs is 1. The molecule has 124 valence electrons. The van der Waals surface area contributed by atoms with Crippen LogP contribution in [0.15, 0.2) is 52.9 Å². The van der Waals surface area contributed by atoms with Crippen molar-refractivity contribution in [3.05, 3.63) is 65.7 Å². The van der Waals surface area contributed by atoms with E-state index in [1.165, 1.54) is 25.3 Å². The molecule has 1 atom stereocenters. The van der Waals surface area contributed by atoms with E-state index in [-0.39, 0.29) is 23.3 Å². The van der Waals surface area contributed by atoms with Gasteiger partial charge in [-0.15, -0.1) is 0 Å². The van der Waals surface area contributed by atoms with Crippen LogP contribution in [0.5, 0.6) is 5.75 Å². The van der Waals surface area contributed by atoms with Gasteiger partial charge in [-0.25, -0.2) is 4.39 Å². The quantitative estimate of drug-likeness (QED) is 0.772. The van der Waals surface area contributed by atoms with Crippen molar-refractivity contribution in [3.8, 4) is 5.75 Å². The summed E-state index contributed by atoms with van der Waals surface area (Å²) >= 11 is 0. The Bertz CT molecular complexity index is 839. The van der Waals surface area contributed by atoms with Crippen LogP contribution in [0.25, 0.3) is 11.0 Å². The summed E-state index contributed by atoms with van der Waals surface area (Å²) in [7, 11) is 1.38. The predicted octanol–water partition coefficient (Wildman–Crippen LogP) is 3.94. The molecule has 1 N–H and O–H groups in total. The molecule has 0 aliphatic heterocycles. The van der Waals surface area contributed by atoms with Crippen LogP contribution in [-0.2, 0) is 6.42 Å². The van der Waals surface area contributed by atoms with Gasteiger partial charge in [0.1, 0.15) is 11.3 Å². The number of hydrogen-bond donors (Lipinski definition) is 1. The first-order valence-corrected chi connectivity index (χ1v) is 7.68. The number of carbonyl (C=O) groups is 1. The molecule has 3 aromatic rings. The molecule has 0 saturated carbocycles. The second-order valence-electron chi connectivity index (χ2n) is 5.68. The van der Waals surface area contributed by atoms with Gasteiger partial charge in [0.25, 0.3) is 5.91 Å². The molecule has 24 heavy (non-hydrogen) atoms. The van der Waals surface area contributed by atoms with Crippen LogP contribution >= 0.6 is 0 Å². The molecular formula is C19H18FNO3. The minimum atomic E-state index is -0.560. The number of rotatable bonds is 5. The van der Waals surface area contributed by atoms with Crippen LogP contribution in [0.2, 0.25) is 0 Å². The fourth-order valence-corrected chi connectivity index (χ4v) is 2.61. The molecule has 3 rings (SSSR count). The van der Waals surface area contributed by atoms with E-state index in [2.05, 4.69) is 5.32 Å². The number of para-hydroxylation sites is 1. The van der Waals surface area contributed by atoms with Gasteiger partial charge in [-0.2, -0.15) is 0 Å². The van der Waals surface area contributed by atoms with Crippen molar-refractivity contribution in [2.24, 2.45) is 0 Å². The zero-order valence-electron chi connectivity index (χ0n) is 13.5. The van der Waals surface area contributed by atoms with Crippen molar-refractivity contribution in [2.75, 3.05) is 7.11 Å². The molecule has 0 aliphatic rings. The third-order valence-corrected chi connectivity index (χ3v) is 3.78. The number of furan rings is 1. The Balaban J connectivity index is 1.66. The van der Waals surface area contributed by atoms with Crippen molar-refractivity contribution >= 4 is 16.9 Å². The number of halogens is 1. The molecule has 1 heterocycles. The van der Waals surface area contributed by atoms with Gasteiger partial charge in [-0.05, 0) is 37.3 Å². The van der Waals surface area contributed by atoms with E-state index in [0.717, 1.165) is 16.7 Å². The number of benzene rings is 2. The molecule has 0 aliphatic carbocycles. The van der Waals surface area contributed by atoms with Crippen LogP contribution in [0.4, 0.5) is 4.39 Å². The smallest absolute Gasteiger partial charge is 0.251 e. The van der Waals surface area contributed by atoms with Crippen molar-refractivity contribution in [2.45, 2.75) is 19.4 Å². The van der Waals surface area contributed by atoms with Crippen molar-refractivity contribution in [3.63, 3.8) is 0 Å². The molecule has 5 heteroatoms. The number of methoxy groups -OCH3 is 1. The van der Waals surface area contributed by atoms with Crippen molar-refractivity contribution < 1.29 is 18.3 Å². The maximum Gasteiger partial charge on any atom is 0.251 e. The standard InChI is InChI=1S/C19H18FNO3/c1-12(9-15-10-13-5-3-4-6-17(13)24-15)21-19(22)14-7-8-18(23-2)16(20)11-14/h3-8,10-12H,9H2,1-2H3,(H,21,22). The highest BCUT2D eigenvalue weighted by Crippen LogP contribution is 2.20. The number of carbonyl (C=O) groups excluding carboxylic acids is 1. The fraction of sp³-hybridized carbons (Fsp3) is 0.211. The SMILES string of the molecule is COc1ccc(C(=O)NC(C)Cc2cc3ccccc3o2)cc1F. The summed E-state index contributed by atoms with van der Waals surface area (Å²) in [6.45, 7) is 1.88. The monoisotopic (exact) mass is 327 g/mol. The molecular weight excluding hydrogens is 309 g/mol. The molecule has 0 spiro atoms. The maximum atomic E-state index is 13.7. The van der Waals surface area contributed by atoms with E-state index in [0.29, 0.717) is 6.42 Å². The van der Waals surface area contributed by atoms with Crippen molar-refractivity contribution in [1.29, 1.82) is 0 Å². The Morgan fingerprint density at radius 2 is 2.04 bits per heavy atom. The molecule has 0 saturated heterocycles. The second-order valence-corrected chi connectivity index (χ2v) is 5.68. The molecule has 0 bridgehead atoms. The van der Waals surface area contributed by atoms with Gasteiger partial charge < -0.3 is 14.5 Å². The van der Waals surface area contributed by atoms with Crippen LogP contribution in [0.1, 0.15) is 23.0 Å². The van der Waals surface area contributed by atoms with Crippen LogP contribution in [-0.4, -0.2) is 19.1 Å². The lowest BCUT2D eigenvalue weighted by Gasteiger charge is -2.13. The first kappa shape index (κ1) is 16.1. The minimum absolute atomic E-state index is 0.113. The summed E-state index contributed by atoms with van der Waals surface area (Å²) < 4.78 is 24.3. The summed E-state index contributed by atoms with van der Waals surface area (Å²) in [4.78, 5) is 12.2. The van der Waals surface area contributed by atoms with Gasteiger partial charge in [0.2, 0.25) is 0 Å². The zero-order chi connectivity index (χ0) is 17.1. The molecule has 0 fully saturated rings. The van der Waals surface area contributed by atoms with Gasteiger partial charge in [0, 0.05) is 23.4 Å². The Morgan fingerprint density at radius 3 is 2.75 bits per heavy atom. The van der Waals surface area contributed by atoms with E-state index in [9.17, 15) is 9.18 Å². The third kappa shape index (κ3) is 3.40. The number of amides is 1. The summed E-state index contributed by atoms with van der Waals surface area (Å²) in [5.74, 6) is 0.0158. The number of ether oxygens (including phenoxy) is 1. The van der Waals surface area contributed by atoms with E-state index in [4.69, 9.17) is 9.15 Å². The highest BCUT2D eigenvalue weighted by molar-refractivity contribution is 5.94. The molecule has 4 nitrogen and oxygen atoms in total. The van der Waals surface area contributed by atoms with Gasteiger partial charge in [-0.3, -0.25) is 4.79 Å². The average molecular weight is 327 g/mol. The van der Waals surface area contributed by atoms with Crippen LogP contribution in [0, 0.1) is 5.82 Å². The topological polar surface area (TPSA) is 51.5 Å². The maximum absolute atomic E-state index is 13.7. The molecule has 1 unspecified atom stereocenters. The first-order valence-electron chi connectivity index (χ1n) is 7.68. The fourth-order valence-electron chi connectivity index (χ4n) is 2.61. The second kappa shape index (κ2) is 6.74. The lowest BCUT2D eigenvalue weighted by atomic mass is 10.1. The number of nitrogens with one attached hydrogen (secondary N) is 1. The Labute approximate surface area is 139 Å². The highest BCUT2D eigenvalue weighted by Gasteiger charge is 2.14. The van der Waals surface area contributed by atoms with Gasteiger partial charge in [-0.1, -0.05) is 18.2 Å². The van der Waals surface area contributed by atoms with Gasteiger partial charge in [0.15, 0.2) is 11.6 Å². The molecule has 1 aromatic heterocycles. The third-order valence-electron chi connectivity index (χ3n) is 3.78. The Hall–Kier alpha value is -2.82. The zero-order valence-corrected chi connectivity index (χ0v) is 13.5. The van der Waals surface area contributed by atoms with E-state index < -0.39 is 5.82 Å². The Kier molecular flexibility index (Phi) is 4.51. The Morgan fingerprint density at radius 1 is 1.25 bits per heavy atom. The summed E-state index contributed by atoms with van der Waals surface area (Å²) in [6, 6.07) is 13.7. The first-order chi connectivity index (χ1) is 11.6. The van der Waals surface area contributed by atoms with E-state index >= 15 is 0 Å². The van der Waals surface area contributed by atoms with Crippen LogP contribution < -0.4 is 10.1 Å². The lowest BCUT2D eigenvalue weighted by molar-refractivity contribution is 0.0939. The van der Waals surface area contributed by atoms with Crippen molar-refractivity contribution in [1.82, 2.24) is 5.32 Å². The predicted molar refractivity (Wildman–Crippen MR) is 89.8 cm³/mol. The lowest BCUT2D eigenvalue weighted by Crippen LogP contribution is -2.34. The molecule has 2 aromatic carbocycles. The van der Waals surface area contributed by atoms with E-state index in [1.54, 1.807) is 0 Å². The van der Waals surface area contributed by atoms with E-state index in [1.807, 2.05) is 37.3 Å². The summed E-state index contributed by atoms with van der Waals surface area (Å²) in [5.41, 5.74) is 1.08. The molecule has 0 radical (unpaired) electrons. The van der Waals surface area contributed by atoms with Gasteiger partial charge >= 0.3 is 0 Å². The van der Waals surface area contributed by atoms with Gasteiger partial charge in [0.05, 0.1) is 7.11 Å². The summed E-state index contributed by atoms with van der Waals surface area (Å²) in [6.07, 6.45) is 0.555. The highest BCUT2D eigenvalue weighted by atomic mass is 19.1. The molecule has 1 amide bonds. The largest absolute Gasteiger partial charge is 0.494 e. The summed E-state index contributed by atoms with van der Waals surface area (Å²) in [5, 5.41) is 3.88. The normalized spacial score (nSPS) is 12.1.